The number of nitrogens with zero attached hydrogens (tertiary/aromatic N) is 1. The van der Waals surface area contributed by atoms with Crippen LogP contribution in [0.15, 0.2) is 0 Å². The highest BCUT2D eigenvalue weighted by molar-refractivity contribution is 5.79. The highest BCUT2D eigenvalue weighted by Gasteiger charge is 2.32. The summed E-state index contributed by atoms with van der Waals surface area (Å²) in [6.07, 6.45) is 5.74. The molecule has 1 saturated carbocycles. The van der Waals surface area contributed by atoms with Crippen molar-refractivity contribution in [1.29, 1.82) is 0 Å². The van der Waals surface area contributed by atoms with Crippen LogP contribution in [0.2, 0.25) is 0 Å². The molecule has 2 N–H and O–H groups in total. The van der Waals surface area contributed by atoms with Crippen molar-refractivity contribution in [2.24, 2.45) is 5.92 Å². The summed E-state index contributed by atoms with van der Waals surface area (Å²) in [7, 11) is 1.86. The van der Waals surface area contributed by atoms with Crippen LogP contribution in [0, 0.1) is 5.92 Å². The van der Waals surface area contributed by atoms with Crippen LogP contribution in [0.25, 0.3) is 0 Å². The van der Waals surface area contributed by atoms with Crippen molar-refractivity contribution in [3.05, 3.63) is 0 Å². The number of carbonyl (C=O) groups excluding carboxylic acids is 1. The van der Waals surface area contributed by atoms with Crippen LogP contribution in [0.4, 0.5) is 0 Å². The predicted molar refractivity (Wildman–Crippen MR) is 66.6 cm³/mol. The monoisotopic (exact) mass is 240 g/mol. The molecule has 4 heteroatoms. The summed E-state index contributed by atoms with van der Waals surface area (Å²) in [4.78, 5) is 14.1. The minimum atomic E-state index is -0.325. The Kier molecular flexibility index (Phi) is 4.40. The van der Waals surface area contributed by atoms with E-state index < -0.39 is 0 Å². The van der Waals surface area contributed by atoms with E-state index >= 15 is 0 Å². The van der Waals surface area contributed by atoms with E-state index in [1.54, 1.807) is 0 Å². The van der Waals surface area contributed by atoms with Crippen molar-refractivity contribution in [3.63, 3.8) is 0 Å². The van der Waals surface area contributed by atoms with Gasteiger partial charge in [0.05, 0.1) is 18.1 Å². The van der Waals surface area contributed by atoms with Crippen LogP contribution in [-0.4, -0.2) is 48.2 Å². The molecule has 0 spiro atoms. The zero-order valence-corrected chi connectivity index (χ0v) is 10.7. The number of likely N-dealkylation sites (N-methyl/N-ethyl adjacent to an activating group) is 1. The fourth-order valence-corrected chi connectivity index (χ4v) is 3.06. The number of hydrogen-bond acceptors (Lipinski definition) is 3. The number of nitrogens with one attached hydrogen (secondary N) is 1. The molecular formula is C13H24N2O2. The molecule has 0 bridgehead atoms. The second kappa shape index (κ2) is 5.83. The Balaban J connectivity index is 1.92. The van der Waals surface area contributed by atoms with Gasteiger partial charge in [-0.2, -0.15) is 0 Å². The van der Waals surface area contributed by atoms with E-state index in [1.165, 1.54) is 0 Å². The van der Waals surface area contributed by atoms with Gasteiger partial charge in [0.15, 0.2) is 0 Å². The van der Waals surface area contributed by atoms with Gasteiger partial charge >= 0.3 is 0 Å². The molecule has 2 fully saturated rings. The first-order chi connectivity index (χ1) is 8.20. The Bertz CT molecular complexity index is 264. The SMILES string of the molecule is CN(C(=O)C1CCCNC1)C1CCCCC1O. The molecule has 4 nitrogen and oxygen atoms in total. The van der Waals surface area contributed by atoms with Crippen molar-refractivity contribution in [2.75, 3.05) is 20.1 Å². The Morgan fingerprint density at radius 1 is 1.24 bits per heavy atom. The van der Waals surface area contributed by atoms with Crippen LogP contribution in [0.3, 0.4) is 0 Å². The maximum atomic E-state index is 12.3. The molecule has 1 saturated heterocycles. The van der Waals surface area contributed by atoms with Gasteiger partial charge in [0.1, 0.15) is 0 Å². The van der Waals surface area contributed by atoms with Gasteiger partial charge < -0.3 is 15.3 Å². The van der Waals surface area contributed by atoms with Crippen LogP contribution in [-0.2, 0) is 4.79 Å². The highest BCUT2D eigenvalue weighted by Crippen LogP contribution is 2.24. The van der Waals surface area contributed by atoms with Gasteiger partial charge in [0.25, 0.3) is 0 Å². The summed E-state index contributed by atoms with van der Waals surface area (Å²) in [6.45, 7) is 1.82. The summed E-state index contributed by atoms with van der Waals surface area (Å²) in [5, 5.41) is 13.3. The third-order valence-electron chi connectivity index (χ3n) is 4.19. The van der Waals surface area contributed by atoms with Crippen molar-refractivity contribution in [3.8, 4) is 0 Å². The van der Waals surface area contributed by atoms with E-state index in [0.29, 0.717) is 0 Å². The molecule has 3 atom stereocenters. The van der Waals surface area contributed by atoms with Gasteiger partial charge in [-0.3, -0.25) is 4.79 Å². The molecule has 0 radical (unpaired) electrons. The molecule has 1 amide bonds. The Hall–Kier alpha value is -0.610. The quantitative estimate of drug-likeness (QED) is 0.749. The summed E-state index contributed by atoms with van der Waals surface area (Å²) in [5.74, 6) is 0.325. The van der Waals surface area contributed by atoms with Crippen molar-refractivity contribution >= 4 is 5.91 Å². The third-order valence-corrected chi connectivity index (χ3v) is 4.19. The first-order valence-electron chi connectivity index (χ1n) is 6.85. The molecule has 0 aromatic carbocycles. The molecule has 1 heterocycles. The number of carbonyl (C=O) groups is 1. The molecule has 0 aromatic rings. The summed E-state index contributed by atoms with van der Waals surface area (Å²) >= 11 is 0. The lowest BCUT2D eigenvalue weighted by atomic mass is 9.90. The average molecular weight is 240 g/mol. The molecule has 2 rings (SSSR count). The molecule has 17 heavy (non-hydrogen) atoms. The minimum absolute atomic E-state index is 0.0400. The second-order valence-electron chi connectivity index (χ2n) is 5.41. The fraction of sp³-hybridized carbons (Fsp3) is 0.923. The topological polar surface area (TPSA) is 52.6 Å². The number of piperidine rings is 1. The van der Waals surface area contributed by atoms with Gasteiger partial charge in [0.2, 0.25) is 5.91 Å². The minimum Gasteiger partial charge on any atom is -0.391 e. The fourth-order valence-electron chi connectivity index (χ4n) is 3.06. The van der Waals surface area contributed by atoms with Gasteiger partial charge in [-0.05, 0) is 32.2 Å². The highest BCUT2D eigenvalue weighted by atomic mass is 16.3. The van der Waals surface area contributed by atoms with E-state index in [2.05, 4.69) is 5.32 Å². The van der Waals surface area contributed by atoms with E-state index in [0.717, 1.165) is 51.6 Å². The molecule has 3 unspecified atom stereocenters. The molecule has 0 aromatic heterocycles. The van der Waals surface area contributed by atoms with E-state index in [9.17, 15) is 9.90 Å². The van der Waals surface area contributed by atoms with Gasteiger partial charge in [-0.25, -0.2) is 0 Å². The maximum Gasteiger partial charge on any atom is 0.227 e. The van der Waals surface area contributed by atoms with Gasteiger partial charge in [0, 0.05) is 13.6 Å². The lowest BCUT2D eigenvalue weighted by molar-refractivity contribution is -0.140. The number of aliphatic hydroxyl groups is 1. The summed E-state index contributed by atoms with van der Waals surface area (Å²) in [6, 6.07) is 0.0400. The normalized spacial score (nSPS) is 34.4. The van der Waals surface area contributed by atoms with Crippen LogP contribution in [0.1, 0.15) is 38.5 Å². The van der Waals surface area contributed by atoms with Crippen molar-refractivity contribution in [2.45, 2.75) is 50.7 Å². The first-order valence-corrected chi connectivity index (χ1v) is 6.85. The van der Waals surface area contributed by atoms with Crippen LogP contribution >= 0.6 is 0 Å². The Morgan fingerprint density at radius 2 is 2.00 bits per heavy atom. The summed E-state index contributed by atoms with van der Waals surface area (Å²) in [5.41, 5.74) is 0. The van der Waals surface area contributed by atoms with E-state index in [4.69, 9.17) is 0 Å². The van der Waals surface area contributed by atoms with Gasteiger partial charge in [-0.15, -0.1) is 0 Å². The molecule has 98 valence electrons. The standard InChI is InChI=1S/C13H24N2O2/c1-15(11-6-2-3-7-12(11)16)13(17)10-5-4-8-14-9-10/h10-12,14,16H,2-9H2,1H3. The number of aliphatic hydroxyl groups excluding tert-OH is 1. The van der Waals surface area contributed by atoms with Crippen LogP contribution < -0.4 is 5.32 Å². The van der Waals surface area contributed by atoms with E-state index in [1.807, 2.05) is 11.9 Å². The van der Waals surface area contributed by atoms with Crippen molar-refractivity contribution in [1.82, 2.24) is 10.2 Å². The van der Waals surface area contributed by atoms with Gasteiger partial charge in [-0.1, -0.05) is 12.8 Å². The van der Waals surface area contributed by atoms with Crippen LogP contribution in [0.5, 0.6) is 0 Å². The molecule has 2 aliphatic rings. The number of amides is 1. The number of hydrogen-bond donors (Lipinski definition) is 2. The molecular weight excluding hydrogens is 216 g/mol. The van der Waals surface area contributed by atoms with E-state index in [-0.39, 0.29) is 24.0 Å². The lowest BCUT2D eigenvalue weighted by Crippen LogP contribution is -2.50. The first kappa shape index (κ1) is 12.8. The molecule has 1 aliphatic carbocycles. The Morgan fingerprint density at radius 3 is 2.65 bits per heavy atom. The maximum absolute atomic E-state index is 12.3. The lowest BCUT2D eigenvalue weighted by Gasteiger charge is -2.37. The largest absolute Gasteiger partial charge is 0.391 e. The van der Waals surface area contributed by atoms with Crippen molar-refractivity contribution < 1.29 is 9.90 Å². The third kappa shape index (κ3) is 2.99. The predicted octanol–water partition coefficient (Wildman–Crippen LogP) is 0.748. The second-order valence-corrected chi connectivity index (χ2v) is 5.41. The molecule has 1 aliphatic heterocycles. The average Bonchev–Trinajstić information content (AvgIpc) is 2.39. The number of rotatable bonds is 2. The zero-order chi connectivity index (χ0) is 12.3. The zero-order valence-electron chi connectivity index (χ0n) is 10.7. The Labute approximate surface area is 103 Å². The summed E-state index contributed by atoms with van der Waals surface area (Å²) < 4.78 is 0. The smallest absolute Gasteiger partial charge is 0.227 e.